The van der Waals surface area contributed by atoms with Crippen LogP contribution in [0.1, 0.15) is 25.3 Å². The number of carbonyl (C=O) groups is 1. The topological polar surface area (TPSA) is 56.1 Å². The molecule has 0 unspecified atom stereocenters. The largest absolute Gasteiger partial charge is 0.379 e. The summed E-state index contributed by atoms with van der Waals surface area (Å²) in [5.41, 5.74) is 0.917. The van der Waals surface area contributed by atoms with Crippen molar-refractivity contribution in [1.82, 2.24) is 4.90 Å². The molecule has 1 saturated heterocycles. The molecule has 5 heteroatoms. The molecule has 1 aromatic rings. The maximum absolute atomic E-state index is 13.0. The van der Waals surface area contributed by atoms with Crippen molar-refractivity contribution in [3.8, 4) is 6.07 Å². The third-order valence-electron chi connectivity index (χ3n) is 3.31. The Hall–Kier alpha value is -2.09. The number of hydrogen-bond donors (Lipinski definition) is 1. The summed E-state index contributed by atoms with van der Waals surface area (Å²) in [7, 11) is 0. The van der Waals surface area contributed by atoms with Crippen LogP contribution in [0.25, 0.3) is 0 Å². The quantitative estimate of drug-likeness (QED) is 0.906. The standard InChI is InChI=1S/C14H16FN3O/c1-2-14(19)18-6-5-12(9-18)17-13-4-3-11(15)7-10(13)8-16/h3-4,7,12,17H,2,5-6,9H2,1H3/t12-/m0/s1. The minimum absolute atomic E-state index is 0.119. The number of nitrogens with one attached hydrogen (secondary N) is 1. The first kappa shape index (κ1) is 13.3. The summed E-state index contributed by atoms with van der Waals surface area (Å²) < 4.78 is 13.0. The fraction of sp³-hybridized carbons (Fsp3) is 0.429. The zero-order valence-corrected chi connectivity index (χ0v) is 10.8. The highest BCUT2D eigenvalue weighted by Crippen LogP contribution is 2.20. The number of hydrogen-bond acceptors (Lipinski definition) is 3. The van der Waals surface area contributed by atoms with Gasteiger partial charge < -0.3 is 10.2 Å². The minimum atomic E-state index is -0.420. The Balaban J connectivity index is 2.04. The fourth-order valence-corrected chi connectivity index (χ4v) is 2.28. The first-order valence-electron chi connectivity index (χ1n) is 6.38. The minimum Gasteiger partial charge on any atom is -0.379 e. The average Bonchev–Trinajstić information content (AvgIpc) is 2.88. The van der Waals surface area contributed by atoms with E-state index < -0.39 is 5.82 Å². The zero-order chi connectivity index (χ0) is 13.8. The van der Waals surface area contributed by atoms with E-state index in [-0.39, 0.29) is 11.9 Å². The number of rotatable bonds is 3. The molecule has 4 nitrogen and oxygen atoms in total. The van der Waals surface area contributed by atoms with E-state index in [0.29, 0.717) is 24.2 Å². The molecule has 2 rings (SSSR count). The molecule has 19 heavy (non-hydrogen) atoms. The summed E-state index contributed by atoms with van der Waals surface area (Å²) in [6, 6.07) is 6.20. The van der Waals surface area contributed by atoms with Crippen LogP contribution < -0.4 is 5.32 Å². The molecular weight excluding hydrogens is 245 g/mol. The molecule has 1 atom stereocenters. The van der Waals surface area contributed by atoms with Gasteiger partial charge in [0, 0.05) is 25.6 Å². The van der Waals surface area contributed by atoms with Gasteiger partial charge in [0.25, 0.3) is 0 Å². The number of anilines is 1. The summed E-state index contributed by atoms with van der Waals surface area (Å²) in [6.07, 6.45) is 1.35. The Morgan fingerprint density at radius 1 is 1.63 bits per heavy atom. The van der Waals surface area contributed by atoms with E-state index in [4.69, 9.17) is 5.26 Å². The predicted molar refractivity (Wildman–Crippen MR) is 70.0 cm³/mol. The molecule has 0 radical (unpaired) electrons. The molecule has 100 valence electrons. The van der Waals surface area contributed by atoms with Crippen LogP contribution in [-0.2, 0) is 4.79 Å². The number of nitriles is 1. The first-order chi connectivity index (χ1) is 9.13. The molecule has 1 aliphatic rings. The van der Waals surface area contributed by atoms with Crippen LogP contribution in [0.4, 0.5) is 10.1 Å². The molecule has 0 spiro atoms. The van der Waals surface area contributed by atoms with E-state index in [9.17, 15) is 9.18 Å². The Labute approximate surface area is 111 Å². The van der Waals surface area contributed by atoms with Crippen LogP contribution in [0, 0.1) is 17.1 Å². The van der Waals surface area contributed by atoms with Crippen molar-refractivity contribution in [3.05, 3.63) is 29.6 Å². The van der Waals surface area contributed by atoms with Crippen molar-refractivity contribution in [2.24, 2.45) is 0 Å². The summed E-state index contributed by atoms with van der Waals surface area (Å²) in [5, 5.41) is 12.2. The molecular formula is C14H16FN3O. The lowest BCUT2D eigenvalue weighted by Crippen LogP contribution is -2.31. The van der Waals surface area contributed by atoms with Crippen LogP contribution >= 0.6 is 0 Å². The van der Waals surface area contributed by atoms with Gasteiger partial charge in [-0.25, -0.2) is 4.39 Å². The second-order valence-electron chi connectivity index (χ2n) is 4.62. The lowest BCUT2D eigenvalue weighted by molar-refractivity contribution is -0.129. The molecule has 0 bridgehead atoms. The van der Waals surface area contributed by atoms with Gasteiger partial charge in [0.2, 0.25) is 5.91 Å². The molecule has 1 aliphatic heterocycles. The number of amides is 1. The van der Waals surface area contributed by atoms with E-state index in [2.05, 4.69) is 5.32 Å². The summed E-state index contributed by atoms with van der Waals surface area (Å²) in [6.45, 7) is 3.21. The zero-order valence-electron chi connectivity index (χ0n) is 10.8. The van der Waals surface area contributed by atoms with Crippen LogP contribution in [0.5, 0.6) is 0 Å². The van der Waals surface area contributed by atoms with Gasteiger partial charge in [-0.2, -0.15) is 5.26 Å². The van der Waals surface area contributed by atoms with E-state index in [0.717, 1.165) is 13.0 Å². The van der Waals surface area contributed by atoms with Crippen molar-refractivity contribution in [1.29, 1.82) is 5.26 Å². The van der Waals surface area contributed by atoms with Crippen molar-refractivity contribution in [2.45, 2.75) is 25.8 Å². The normalized spacial score (nSPS) is 18.2. The Morgan fingerprint density at radius 2 is 2.42 bits per heavy atom. The summed E-state index contributed by atoms with van der Waals surface area (Å²) >= 11 is 0. The number of carbonyl (C=O) groups excluding carboxylic acids is 1. The average molecular weight is 261 g/mol. The third kappa shape index (κ3) is 3.02. The van der Waals surface area contributed by atoms with Gasteiger partial charge in [0.1, 0.15) is 11.9 Å². The molecule has 1 N–H and O–H groups in total. The summed E-state index contributed by atoms with van der Waals surface area (Å²) in [5.74, 6) is -0.278. The molecule has 0 saturated carbocycles. The van der Waals surface area contributed by atoms with Crippen LogP contribution in [0.2, 0.25) is 0 Å². The Bertz CT molecular complexity index is 524. The van der Waals surface area contributed by atoms with Crippen molar-refractivity contribution < 1.29 is 9.18 Å². The lowest BCUT2D eigenvalue weighted by atomic mass is 10.1. The predicted octanol–water partition coefficient (Wildman–Crippen LogP) is 2.12. The third-order valence-corrected chi connectivity index (χ3v) is 3.31. The Kier molecular flexibility index (Phi) is 4.00. The molecule has 0 aliphatic carbocycles. The maximum atomic E-state index is 13.0. The maximum Gasteiger partial charge on any atom is 0.222 e. The highest BCUT2D eigenvalue weighted by atomic mass is 19.1. The number of likely N-dealkylation sites (tertiary alicyclic amines) is 1. The second kappa shape index (κ2) is 5.70. The van der Waals surface area contributed by atoms with Gasteiger partial charge in [-0.05, 0) is 24.6 Å². The van der Waals surface area contributed by atoms with Gasteiger partial charge in [-0.1, -0.05) is 6.92 Å². The number of benzene rings is 1. The highest BCUT2D eigenvalue weighted by Gasteiger charge is 2.25. The molecule has 0 aromatic heterocycles. The van der Waals surface area contributed by atoms with Crippen molar-refractivity contribution in [2.75, 3.05) is 18.4 Å². The SMILES string of the molecule is CCC(=O)N1CC[C@H](Nc2ccc(F)cc2C#N)C1. The van der Waals surface area contributed by atoms with Gasteiger partial charge in [-0.3, -0.25) is 4.79 Å². The Morgan fingerprint density at radius 3 is 3.11 bits per heavy atom. The highest BCUT2D eigenvalue weighted by molar-refractivity contribution is 5.76. The van der Waals surface area contributed by atoms with E-state index in [1.165, 1.54) is 12.1 Å². The van der Waals surface area contributed by atoms with Crippen LogP contribution in [0.15, 0.2) is 18.2 Å². The van der Waals surface area contributed by atoms with Crippen molar-refractivity contribution in [3.63, 3.8) is 0 Å². The first-order valence-corrected chi connectivity index (χ1v) is 6.38. The number of halogens is 1. The molecule has 1 aromatic carbocycles. The van der Waals surface area contributed by atoms with E-state index in [1.54, 1.807) is 6.07 Å². The van der Waals surface area contributed by atoms with Crippen molar-refractivity contribution >= 4 is 11.6 Å². The van der Waals surface area contributed by atoms with Crippen LogP contribution in [0.3, 0.4) is 0 Å². The fourth-order valence-electron chi connectivity index (χ4n) is 2.28. The van der Waals surface area contributed by atoms with E-state index >= 15 is 0 Å². The van der Waals surface area contributed by atoms with Gasteiger partial charge in [0.15, 0.2) is 0 Å². The number of nitrogens with zero attached hydrogens (tertiary/aromatic N) is 2. The van der Waals surface area contributed by atoms with E-state index in [1.807, 2.05) is 17.9 Å². The lowest BCUT2D eigenvalue weighted by Gasteiger charge is -2.17. The monoisotopic (exact) mass is 261 g/mol. The van der Waals surface area contributed by atoms with Gasteiger partial charge >= 0.3 is 0 Å². The van der Waals surface area contributed by atoms with Crippen LogP contribution in [-0.4, -0.2) is 29.9 Å². The summed E-state index contributed by atoms with van der Waals surface area (Å²) in [4.78, 5) is 13.4. The van der Waals surface area contributed by atoms with Gasteiger partial charge in [-0.15, -0.1) is 0 Å². The molecule has 1 fully saturated rings. The molecule has 1 amide bonds. The second-order valence-corrected chi connectivity index (χ2v) is 4.62. The van der Waals surface area contributed by atoms with Gasteiger partial charge in [0.05, 0.1) is 11.3 Å². The molecule has 1 heterocycles. The smallest absolute Gasteiger partial charge is 0.222 e.